The molecule has 1 aliphatic heterocycles. The van der Waals surface area contributed by atoms with Gasteiger partial charge in [-0.3, -0.25) is 4.79 Å². The number of amides is 1. The van der Waals surface area contributed by atoms with Gasteiger partial charge < -0.3 is 9.88 Å². The molecule has 1 aromatic carbocycles. The third kappa shape index (κ3) is 2.25. The van der Waals surface area contributed by atoms with Gasteiger partial charge in [-0.05, 0) is 37.8 Å². The number of para-hydroxylation sites is 1. The molecule has 3 nitrogen and oxygen atoms in total. The van der Waals surface area contributed by atoms with Crippen LogP contribution in [0.15, 0.2) is 30.3 Å². The van der Waals surface area contributed by atoms with Crippen molar-refractivity contribution in [2.75, 3.05) is 6.54 Å². The number of aromatic amines is 1. The van der Waals surface area contributed by atoms with E-state index in [-0.39, 0.29) is 5.91 Å². The summed E-state index contributed by atoms with van der Waals surface area (Å²) in [7, 11) is 0. The number of H-pyrrole nitrogens is 1. The van der Waals surface area contributed by atoms with Crippen LogP contribution in [0.1, 0.15) is 37.2 Å². The molecule has 2 unspecified atom stereocenters. The maximum absolute atomic E-state index is 12.6. The molecule has 1 N–H and O–H groups in total. The lowest BCUT2D eigenvalue weighted by molar-refractivity contribution is 0.0569. The molecule has 0 radical (unpaired) electrons. The molecule has 3 heteroatoms. The van der Waals surface area contributed by atoms with Crippen molar-refractivity contribution in [2.45, 2.75) is 32.7 Å². The van der Waals surface area contributed by atoms with Gasteiger partial charge in [0.25, 0.3) is 5.91 Å². The van der Waals surface area contributed by atoms with E-state index in [2.05, 4.69) is 18.8 Å². The molecule has 1 aromatic heterocycles. The van der Waals surface area contributed by atoms with Crippen LogP contribution in [0.25, 0.3) is 10.9 Å². The second-order valence-electron chi connectivity index (χ2n) is 5.76. The summed E-state index contributed by atoms with van der Waals surface area (Å²) in [5, 5.41) is 1.10. The number of aromatic nitrogens is 1. The minimum Gasteiger partial charge on any atom is -0.351 e. The molecule has 100 valence electrons. The Hall–Kier alpha value is -1.77. The van der Waals surface area contributed by atoms with Gasteiger partial charge in [0.1, 0.15) is 5.69 Å². The first-order valence-corrected chi connectivity index (χ1v) is 7.04. The first-order chi connectivity index (χ1) is 9.15. The van der Waals surface area contributed by atoms with E-state index in [0.29, 0.717) is 17.7 Å². The number of nitrogens with zero attached hydrogens (tertiary/aromatic N) is 1. The summed E-state index contributed by atoms with van der Waals surface area (Å²) in [6.07, 6.45) is 2.32. The molecule has 0 spiro atoms. The van der Waals surface area contributed by atoms with Crippen LogP contribution in [-0.2, 0) is 0 Å². The molecule has 1 saturated heterocycles. The van der Waals surface area contributed by atoms with Gasteiger partial charge in [-0.2, -0.15) is 0 Å². The molecule has 1 amide bonds. The zero-order chi connectivity index (χ0) is 13.4. The molecular formula is C16H20N2O. The van der Waals surface area contributed by atoms with Crippen molar-refractivity contribution in [1.29, 1.82) is 0 Å². The summed E-state index contributed by atoms with van der Waals surface area (Å²) in [6, 6.07) is 10.3. The molecule has 1 aliphatic rings. The maximum Gasteiger partial charge on any atom is 0.270 e. The lowest BCUT2D eigenvalue weighted by atomic mass is 9.95. The van der Waals surface area contributed by atoms with Crippen molar-refractivity contribution in [1.82, 2.24) is 9.88 Å². The number of hydrogen-bond acceptors (Lipinski definition) is 1. The minimum atomic E-state index is 0.134. The van der Waals surface area contributed by atoms with Crippen molar-refractivity contribution in [2.24, 2.45) is 5.92 Å². The minimum absolute atomic E-state index is 0.134. The first-order valence-electron chi connectivity index (χ1n) is 7.04. The molecule has 2 atom stereocenters. The van der Waals surface area contributed by atoms with Gasteiger partial charge in [-0.15, -0.1) is 0 Å². The average Bonchev–Trinajstić information content (AvgIpc) is 2.84. The molecule has 2 aromatic rings. The van der Waals surface area contributed by atoms with Crippen LogP contribution in [-0.4, -0.2) is 28.4 Å². The van der Waals surface area contributed by atoms with Crippen LogP contribution in [0.2, 0.25) is 0 Å². The zero-order valence-corrected chi connectivity index (χ0v) is 11.5. The second kappa shape index (κ2) is 4.72. The fourth-order valence-corrected chi connectivity index (χ4v) is 2.91. The SMILES string of the molecule is CC1CCC(C)N(C(=O)c2cc3ccccc3[nH]2)C1. The Morgan fingerprint density at radius 2 is 2.05 bits per heavy atom. The normalized spacial score (nSPS) is 23.8. The van der Waals surface area contributed by atoms with Crippen LogP contribution < -0.4 is 0 Å². The van der Waals surface area contributed by atoms with Crippen molar-refractivity contribution in [3.8, 4) is 0 Å². The van der Waals surface area contributed by atoms with E-state index >= 15 is 0 Å². The predicted octanol–water partition coefficient (Wildman–Crippen LogP) is 3.43. The van der Waals surface area contributed by atoms with Gasteiger partial charge in [-0.25, -0.2) is 0 Å². The average molecular weight is 256 g/mol. The molecule has 0 aliphatic carbocycles. The van der Waals surface area contributed by atoms with E-state index in [4.69, 9.17) is 0 Å². The number of carbonyl (C=O) groups is 1. The van der Waals surface area contributed by atoms with Gasteiger partial charge in [0, 0.05) is 23.5 Å². The van der Waals surface area contributed by atoms with Gasteiger partial charge >= 0.3 is 0 Å². The molecule has 0 saturated carbocycles. The highest BCUT2D eigenvalue weighted by molar-refractivity contribution is 5.98. The summed E-state index contributed by atoms with van der Waals surface area (Å²) in [5.41, 5.74) is 1.74. The lowest BCUT2D eigenvalue weighted by Crippen LogP contribution is -2.45. The van der Waals surface area contributed by atoms with E-state index < -0.39 is 0 Å². The van der Waals surface area contributed by atoms with Crippen molar-refractivity contribution in [3.05, 3.63) is 36.0 Å². The molecular weight excluding hydrogens is 236 g/mol. The third-order valence-corrected chi connectivity index (χ3v) is 4.14. The Labute approximate surface area is 113 Å². The second-order valence-corrected chi connectivity index (χ2v) is 5.76. The van der Waals surface area contributed by atoms with Crippen molar-refractivity contribution >= 4 is 16.8 Å². The van der Waals surface area contributed by atoms with Crippen LogP contribution in [0, 0.1) is 5.92 Å². The van der Waals surface area contributed by atoms with Gasteiger partial charge in [0.2, 0.25) is 0 Å². The maximum atomic E-state index is 12.6. The number of rotatable bonds is 1. The van der Waals surface area contributed by atoms with E-state index in [0.717, 1.165) is 23.9 Å². The highest BCUT2D eigenvalue weighted by atomic mass is 16.2. The highest BCUT2D eigenvalue weighted by Gasteiger charge is 2.28. The largest absolute Gasteiger partial charge is 0.351 e. The summed E-state index contributed by atoms with van der Waals surface area (Å²) >= 11 is 0. The predicted molar refractivity (Wildman–Crippen MR) is 77.2 cm³/mol. The Morgan fingerprint density at radius 1 is 1.26 bits per heavy atom. The lowest BCUT2D eigenvalue weighted by Gasteiger charge is -2.36. The smallest absolute Gasteiger partial charge is 0.270 e. The summed E-state index contributed by atoms with van der Waals surface area (Å²) in [6.45, 7) is 5.24. The molecule has 19 heavy (non-hydrogen) atoms. The number of carbonyl (C=O) groups excluding carboxylic acids is 1. The highest BCUT2D eigenvalue weighted by Crippen LogP contribution is 2.24. The summed E-state index contributed by atoms with van der Waals surface area (Å²) in [5.74, 6) is 0.736. The number of fused-ring (bicyclic) bond motifs is 1. The standard InChI is InChI=1S/C16H20N2O/c1-11-7-8-12(2)18(10-11)16(19)15-9-13-5-3-4-6-14(13)17-15/h3-6,9,11-12,17H,7-8,10H2,1-2H3. The van der Waals surface area contributed by atoms with Gasteiger partial charge in [0.15, 0.2) is 0 Å². The molecule has 1 fully saturated rings. The number of likely N-dealkylation sites (tertiary alicyclic amines) is 1. The van der Waals surface area contributed by atoms with E-state index in [1.165, 1.54) is 6.42 Å². The zero-order valence-electron chi connectivity index (χ0n) is 11.5. The van der Waals surface area contributed by atoms with E-state index in [1.54, 1.807) is 0 Å². The van der Waals surface area contributed by atoms with Crippen LogP contribution in [0.3, 0.4) is 0 Å². The Bertz CT molecular complexity index is 569. The number of nitrogens with one attached hydrogen (secondary N) is 1. The van der Waals surface area contributed by atoms with Crippen LogP contribution in [0.5, 0.6) is 0 Å². The number of hydrogen-bond donors (Lipinski definition) is 1. The quantitative estimate of drug-likeness (QED) is 0.833. The van der Waals surface area contributed by atoms with Crippen molar-refractivity contribution in [3.63, 3.8) is 0 Å². The monoisotopic (exact) mass is 256 g/mol. The van der Waals surface area contributed by atoms with Gasteiger partial charge in [-0.1, -0.05) is 25.1 Å². The first kappa shape index (κ1) is 12.3. The van der Waals surface area contributed by atoms with Crippen LogP contribution >= 0.6 is 0 Å². The Kier molecular flexibility index (Phi) is 3.05. The fourth-order valence-electron chi connectivity index (χ4n) is 2.91. The summed E-state index contributed by atoms with van der Waals surface area (Å²) in [4.78, 5) is 17.9. The van der Waals surface area contributed by atoms with E-state index in [1.807, 2.05) is 35.2 Å². The summed E-state index contributed by atoms with van der Waals surface area (Å²) < 4.78 is 0. The number of benzene rings is 1. The fraction of sp³-hybridized carbons (Fsp3) is 0.438. The third-order valence-electron chi connectivity index (χ3n) is 4.14. The molecule has 2 heterocycles. The van der Waals surface area contributed by atoms with E-state index in [9.17, 15) is 4.79 Å². The molecule has 0 bridgehead atoms. The Balaban J connectivity index is 1.90. The number of piperidine rings is 1. The molecule has 3 rings (SSSR count). The Morgan fingerprint density at radius 3 is 2.84 bits per heavy atom. The topological polar surface area (TPSA) is 36.1 Å². The van der Waals surface area contributed by atoms with Crippen molar-refractivity contribution < 1.29 is 4.79 Å². The van der Waals surface area contributed by atoms with Crippen LogP contribution in [0.4, 0.5) is 0 Å². The van der Waals surface area contributed by atoms with Gasteiger partial charge in [0.05, 0.1) is 0 Å².